The maximum atomic E-state index is 5.96. The fraction of sp³-hybridized carbons (Fsp3) is 0.737. The van der Waals surface area contributed by atoms with E-state index in [0.717, 1.165) is 45.0 Å². The van der Waals surface area contributed by atoms with Crippen LogP contribution in [0.3, 0.4) is 0 Å². The zero-order valence-electron chi connectivity index (χ0n) is 15.2. The molecule has 0 amide bonds. The predicted octanol–water partition coefficient (Wildman–Crippen LogP) is 3.17. The number of hydrogen-bond donors (Lipinski definition) is 2. The molecule has 0 atom stereocenters. The number of guanidine groups is 1. The van der Waals surface area contributed by atoms with Crippen molar-refractivity contribution in [1.82, 2.24) is 15.2 Å². The van der Waals surface area contributed by atoms with Crippen LogP contribution >= 0.6 is 0 Å². The van der Waals surface area contributed by atoms with Crippen molar-refractivity contribution in [3.8, 4) is 0 Å². The van der Waals surface area contributed by atoms with E-state index in [9.17, 15) is 0 Å². The molecule has 1 aliphatic carbocycles. The molecule has 0 spiro atoms. The van der Waals surface area contributed by atoms with E-state index in [1.807, 2.05) is 19.2 Å². The van der Waals surface area contributed by atoms with Crippen LogP contribution in [0.4, 0.5) is 0 Å². The fourth-order valence-electron chi connectivity index (χ4n) is 3.14. The third-order valence-electron chi connectivity index (χ3n) is 4.57. The first-order valence-electron chi connectivity index (χ1n) is 9.55. The van der Waals surface area contributed by atoms with Crippen molar-refractivity contribution in [3.05, 3.63) is 24.5 Å². The second kappa shape index (κ2) is 12.0. The fourth-order valence-corrected chi connectivity index (χ4v) is 3.14. The molecule has 1 saturated carbocycles. The Morgan fingerprint density at radius 3 is 2.54 bits per heavy atom. The molecule has 1 aliphatic rings. The van der Waals surface area contributed by atoms with Crippen molar-refractivity contribution in [3.63, 3.8) is 0 Å². The van der Waals surface area contributed by atoms with Crippen LogP contribution in [0, 0.1) is 0 Å². The van der Waals surface area contributed by atoms with Crippen molar-refractivity contribution >= 4 is 5.96 Å². The third-order valence-corrected chi connectivity index (χ3v) is 4.57. The van der Waals surface area contributed by atoms with Gasteiger partial charge in [-0.25, -0.2) is 0 Å². The van der Waals surface area contributed by atoms with Gasteiger partial charge in [0.15, 0.2) is 5.96 Å². The van der Waals surface area contributed by atoms with Gasteiger partial charge in [0.05, 0.1) is 6.10 Å². The third kappa shape index (κ3) is 7.86. The summed E-state index contributed by atoms with van der Waals surface area (Å²) < 4.78 is 8.12. The van der Waals surface area contributed by atoms with Crippen molar-refractivity contribution < 1.29 is 4.74 Å². The molecule has 2 N–H and O–H groups in total. The van der Waals surface area contributed by atoms with Crippen LogP contribution in [0.2, 0.25) is 0 Å². The molecule has 1 heterocycles. The summed E-state index contributed by atoms with van der Waals surface area (Å²) in [5.41, 5.74) is 0. The van der Waals surface area contributed by atoms with Crippen LogP contribution in [0.1, 0.15) is 51.4 Å². The standard InChI is InChI=1S/C19H34N4O/c1-20-19(22-13-16-23-14-7-8-15-23)21-12-6-3-9-17-24-18-10-4-2-5-11-18/h7-8,14-15,18H,2-6,9-13,16-17H2,1H3,(H2,20,21,22). The van der Waals surface area contributed by atoms with Crippen LogP contribution in [-0.4, -0.2) is 43.4 Å². The van der Waals surface area contributed by atoms with Gasteiger partial charge >= 0.3 is 0 Å². The minimum atomic E-state index is 0.542. The topological polar surface area (TPSA) is 50.6 Å². The second-order valence-corrected chi connectivity index (χ2v) is 6.54. The smallest absolute Gasteiger partial charge is 0.191 e. The molecule has 1 aromatic heterocycles. The molecule has 5 nitrogen and oxygen atoms in total. The van der Waals surface area contributed by atoms with Crippen molar-refractivity contribution in [2.24, 2.45) is 4.99 Å². The lowest BCUT2D eigenvalue weighted by molar-refractivity contribution is 0.0264. The van der Waals surface area contributed by atoms with Crippen molar-refractivity contribution in [1.29, 1.82) is 0 Å². The van der Waals surface area contributed by atoms with Crippen LogP contribution in [0.15, 0.2) is 29.5 Å². The highest BCUT2D eigenvalue weighted by Gasteiger charge is 2.12. The maximum absolute atomic E-state index is 5.96. The Morgan fingerprint density at radius 2 is 1.79 bits per heavy atom. The number of aliphatic imine (C=N–C) groups is 1. The first-order valence-corrected chi connectivity index (χ1v) is 9.55. The predicted molar refractivity (Wildman–Crippen MR) is 100 cm³/mol. The van der Waals surface area contributed by atoms with E-state index in [1.54, 1.807) is 0 Å². The second-order valence-electron chi connectivity index (χ2n) is 6.54. The lowest BCUT2D eigenvalue weighted by Gasteiger charge is -2.21. The normalized spacial score (nSPS) is 16.3. The van der Waals surface area contributed by atoms with E-state index in [2.05, 4.69) is 32.6 Å². The molecule has 5 heteroatoms. The van der Waals surface area contributed by atoms with E-state index >= 15 is 0 Å². The van der Waals surface area contributed by atoms with E-state index in [1.165, 1.54) is 38.5 Å². The number of ether oxygens (including phenoxy) is 1. The Hall–Kier alpha value is -1.49. The lowest BCUT2D eigenvalue weighted by atomic mass is 9.98. The van der Waals surface area contributed by atoms with Gasteiger partial charge in [0.2, 0.25) is 0 Å². The molecule has 136 valence electrons. The van der Waals surface area contributed by atoms with E-state index in [0.29, 0.717) is 6.10 Å². The van der Waals surface area contributed by atoms with Gasteiger partial charge in [-0.3, -0.25) is 4.99 Å². The van der Waals surface area contributed by atoms with Crippen molar-refractivity contribution in [2.45, 2.75) is 64.0 Å². The van der Waals surface area contributed by atoms with Gasteiger partial charge in [0.1, 0.15) is 0 Å². The van der Waals surface area contributed by atoms with Crippen LogP contribution in [0.5, 0.6) is 0 Å². The quantitative estimate of drug-likeness (QED) is 0.392. The summed E-state index contributed by atoms with van der Waals surface area (Å²) in [5.74, 6) is 0.889. The minimum Gasteiger partial charge on any atom is -0.378 e. The summed E-state index contributed by atoms with van der Waals surface area (Å²) in [4.78, 5) is 4.26. The average molecular weight is 335 g/mol. The highest BCUT2D eigenvalue weighted by molar-refractivity contribution is 5.79. The summed E-state index contributed by atoms with van der Waals surface area (Å²) in [6.45, 7) is 3.72. The number of rotatable bonds is 10. The monoisotopic (exact) mass is 334 g/mol. The molecule has 0 radical (unpaired) electrons. The van der Waals surface area contributed by atoms with E-state index < -0.39 is 0 Å². The molecule has 24 heavy (non-hydrogen) atoms. The number of hydrogen-bond acceptors (Lipinski definition) is 2. The number of nitrogens with zero attached hydrogens (tertiary/aromatic N) is 2. The lowest BCUT2D eigenvalue weighted by Crippen LogP contribution is -2.39. The van der Waals surface area contributed by atoms with Crippen LogP contribution < -0.4 is 10.6 Å². The Bertz CT molecular complexity index is 438. The molecule has 0 aromatic carbocycles. The highest BCUT2D eigenvalue weighted by atomic mass is 16.5. The molecule has 0 bridgehead atoms. The van der Waals surface area contributed by atoms with Crippen molar-refractivity contribution in [2.75, 3.05) is 26.7 Å². The molecule has 0 saturated heterocycles. The van der Waals surface area contributed by atoms with Gasteiger partial charge in [0, 0.05) is 45.7 Å². The Kier molecular flexibility index (Phi) is 9.39. The first-order chi connectivity index (χ1) is 11.9. The SMILES string of the molecule is CN=C(NCCCCCOC1CCCCC1)NCCn1cccc1. The summed E-state index contributed by atoms with van der Waals surface area (Å²) in [6.07, 6.45) is 14.9. The zero-order valence-corrected chi connectivity index (χ0v) is 15.2. The van der Waals surface area contributed by atoms with E-state index in [-0.39, 0.29) is 0 Å². The molecular weight excluding hydrogens is 300 g/mol. The maximum Gasteiger partial charge on any atom is 0.191 e. The van der Waals surface area contributed by atoms with Crippen LogP contribution in [0.25, 0.3) is 0 Å². The zero-order chi connectivity index (χ0) is 16.9. The largest absolute Gasteiger partial charge is 0.378 e. The molecule has 0 unspecified atom stereocenters. The number of unbranched alkanes of at least 4 members (excludes halogenated alkanes) is 2. The van der Waals surface area contributed by atoms with Gasteiger partial charge in [0.25, 0.3) is 0 Å². The van der Waals surface area contributed by atoms with Gasteiger partial charge in [-0.2, -0.15) is 0 Å². The van der Waals surface area contributed by atoms with Gasteiger partial charge in [-0.15, -0.1) is 0 Å². The Labute approximate surface area is 146 Å². The molecule has 1 aromatic rings. The summed E-state index contributed by atoms with van der Waals surface area (Å²) in [7, 11) is 1.82. The number of nitrogens with one attached hydrogen (secondary N) is 2. The Morgan fingerprint density at radius 1 is 1.04 bits per heavy atom. The van der Waals surface area contributed by atoms with Gasteiger partial charge in [-0.1, -0.05) is 19.3 Å². The van der Waals surface area contributed by atoms with Crippen LogP contribution in [-0.2, 0) is 11.3 Å². The molecular formula is C19H34N4O. The summed E-state index contributed by atoms with van der Waals surface area (Å²) >= 11 is 0. The van der Waals surface area contributed by atoms with Gasteiger partial charge in [-0.05, 0) is 44.2 Å². The van der Waals surface area contributed by atoms with Gasteiger partial charge < -0.3 is 19.9 Å². The molecule has 1 fully saturated rings. The number of aromatic nitrogens is 1. The summed E-state index contributed by atoms with van der Waals surface area (Å²) in [5, 5.41) is 6.72. The first kappa shape index (κ1) is 18.8. The molecule has 2 rings (SSSR count). The Balaban J connectivity index is 1.42. The average Bonchev–Trinajstić information content (AvgIpc) is 3.13. The minimum absolute atomic E-state index is 0.542. The highest BCUT2D eigenvalue weighted by Crippen LogP contribution is 2.20. The van der Waals surface area contributed by atoms with E-state index in [4.69, 9.17) is 4.74 Å². The molecule has 0 aliphatic heterocycles. The summed E-state index contributed by atoms with van der Waals surface area (Å²) in [6, 6.07) is 4.09.